The summed E-state index contributed by atoms with van der Waals surface area (Å²) in [6, 6.07) is 11.2. The number of hydrogen-bond acceptors (Lipinski definition) is 3. The Hall–Kier alpha value is -1.88. The van der Waals surface area contributed by atoms with Crippen LogP contribution in [0, 0.1) is 18.8 Å². The number of aromatic nitrogens is 1. The molecule has 138 valence electrons. The fourth-order valence-corrected chi connectivity index (χ4v) is 5.45. The van der Waals surface area contributed by atoms with E-state index in [2.05, 4.69) is 4.98 Å². The van der Waals surface area contributed by atoms with Gasteiger partial charge < -0.3 is 4.98 Å². The summed E-state index contributed by atoms with van der Waals surface area (Å²) in [6.45, 7) is 1.82. The highest BCUT2D eigenvalue weighted by molar-refractivity contribution is 7.90. The number of nitrogens with one attached hydrogen (secondary N) is 1. The Labute approximate surface area is 154 Å². The third-order valence-corrected chi connectivity index (χ3v) is 7.50. The first kappa shape index (κ1) is 17.5. The summed E-state index contributed by atoms with van der Waals surface area (Å²) >= 11 is 0. The molecule has 0 saturated heterocycles. The van der Waals surface area contributed by atoms with Gasteiger partial charge in [-0.1, -0.05) is 43.9 Å². The van der Waals surface area contributed by atoms with Gasteiger partial charge in [0, 0.05) is 22.9 Å². The van der Waals surface area contributed by atoms with E-state index in [1.165, 1.54) is 31.9 Å². The van der Waals surface area contributed by atoms with Crippen molar-refractivity contribution < 1.29 is 8.42 Å². The molecular weight excluding hydrogens is 346 g/mol. The summed E-state index contributed by atoms with van der Waals surface area (Å²) in [5.74, 6) is 1.21. The van der Waals surface area contributed by atoms with Crippen LogP contribution in [0.2, 0.25) is 0 Å². The van der Waals surface area contributed by atoms with Crippen LogP contribution in [0.5, 0.6) is 0 Å². The van der Waals surface area contributed by atoms with Gasteiger partial charge in [0.2, 0.25) is 0 Å². The smallest absolute Gasteiger partial charge is 0.251 e. The van der Waals surface area contributed by atoms with Gasteiger partial charge in [0.15, 0.2) is 9.84 Å². The highest BCUT2D eigenvalue weighted by Gasteiger charge is 2.60. The van der Waals surface area contributed by atoms with Crippen molar-refractivity contribution in [1.82, 2.24) is 4.98 Å². The van der Waals surface area contributed by atoms with Crippen molar-refractivity contribution in [3.8, 4) is 0 Å². The van der Waals surface area contributed by atoms with Gasteiger partial charge >= 0.3 is 0 Å². The van der Waals surface area contributed by atoms with E-state index in [-0.39, 0.29) is 11.0 Å². The van der Waals surface area contributed by atoms with Gasteiger partial charge in [-0.2, -0.15) is 0 Å². The van der Waals surface area contributed by atoms with E-state index in [1.54, 1.807) is 12.1 Å². The van der Waals surface area contributed by atoms with E-state index in [4.69, 9.17) is 0 Å². The predicted molar refractivity (Wildman–Crippen MR) is 102 cm³/mol. The van der Waals surface area contributed by atoms with Gasteiger partial charge in [-0.25, -0.2) is 8.42 Å². The normalized spacial score (nSPS) is 26.2. The molecule has 2 aromatic rings. The number of H-pyrrole nitrogens is 1. The molecule has 2 saturated carbocycles. The van der Waals surface area contributed by atoms with E-state index < -0.39 is 9.84 Å². The monoisotopic (exact) mass is 371 g/mol. The first-order chi connectivity index (χ1) is 12.3. The molecule has 1 heterocycles. The average molecular weight is 372 g/mol. The Balaban J connectivity index is 1.79. The number of rotatable bonds is 4. The van der Waals surface area contributed by atoms with Crippen molar-refractivity contribution in [3.63, 3.8) is 0 Å². The standard InChI is InChI=1S/C21H25NO3S/c1-14-7-12-19(22-20(14)23)21(13-18(21)15-5-3-4-6-15)16-8-10-17(11-9-16)26(2,24)25/h7-12,15,18H,3-6,13H2,1-2H3,(H,22,23). The van der Waals surface area contributed by atoms with Gasteiger partial charge in [0.25, 0.3) is 5.56 Å². The fourth-order valence-electron chi connectivity index (χ4n) is 4.82. The van der Waals surface area contributed by atoms with Crippen LogP contribution in [0.1, 0.15) is 48.9 Å². The second-order valence-corrected chi connectivity index (χ2v) is 10.0. The fraction of sp³-hybridized carbons (Fsp3) is 0.476. The van der Waals surface area contributed by atoms with Gasteiger partial charge in [0.05, 0.1) is 4.90 Å². The van der Waals surface area contributed by atoms with E-state index in [9.17, 15) is 13.2 Å². The van der Waals surface area contributed by atoms with Crippen LogP contribution in [0.3, 0.4) is 0 Å². The maximum absolute atomic E-state index is 12.2. The first-order valence-electron chi connectivity index (χ1n) is 9.33. The zero-order valence-corrected chi connectivity index (χ0v) is 16.1. The van der Waals surface area contributed by atoms with Crippen LogP contribution in [0.15, 0.2) is 46.1 Å². The molecule has 4 nitrogen and oxygen atoms in total. The minimum atomic E-state index is -3.21. The van der Waals surface area contributed by atoms with Crippen LogP contribution >= 0.6 is 0 Å². The number of aromatic amines is 1. The Morgan fingerprint density at radius 3 is 2.27 bits per heavy atom. The Morgan fingerprint density at radius 1 is 1.04 bits per heavy atom. The third-order valence-electron chi connectivity index (χ3n) is 6.37. The van der Waals surface area contributed by atoms with Crippen molar-refractivity contribution in [3.05, 3.63) is 63.6 Å². The molecular formula is C21H25NO3S. The van der Waals surface area contributed by atoms with Crippen molar-refractivity contribution in [1.29, 1.82) is 0 Å². The molecule has 0 amide bonds. The quantitative estimate of drug-likeness (QED) is 0.893. The molecule has 1 aromatic carbocycles. The van der Waals surface area contributed by atoms with Crippen LogP contribution in [0.25, 0.3) is 0 Å². The number of sulfone groups is 1. The first-order valence-corrected chi connectivity index (χ1v) is 11.2. The molecule has 2 fully saturated rings. The van der Waals surface area contributed by atoms with Crippen LogP contribution in [0.4, 0.5) is 0 Å². The maximum Gasteiger partial charge on any atom is 0.251 e. The SMILES string of the molecule is Cc1ccc(C2(c3ccc(S(C)(=O)=O)cc3)CC2C2CCCC2)[nH]c1=O. The summed E-state index contributed by atoms with van der Waals surface area (Å²) in [4.78, 5) is 15.7. The predicted octanol–water partition coefficient (Wildman–Crippen LogP) is 3.58. The molecule has 0 aliphatic heterocycles. The molecule has 2 aliphatic carbocycles. The lowest BCUT2D eigenvalue weighted by Gasteiger charge is -2.22. The second kappa shape index (κ2) is 6.08. The lowest BCUT2D eigenvalue weighted by Crippen LogP contribution is -2.22. The van der Waals surface area contributed by atoms with Crippen molar-refractivity contribution in [2.45, 2.75) is 49.3 Å². The Bertz CT molecular complexity index is 985. The topological polar surface area (TPSA) is 67.0 Å². The molecule has 0 spiro atoms. The highest BCUT2D eigenvalue weighted by Crippen LogP contribution is 2.63. The van der Waals surface area contributed by atoms with E-state index in [1.807, 2.05) is 31.2 Å². The van der Waals surface area contributed by atoms with E-state index in [0.717, 1.165) is 23.2 Å². The van der Waals surface area contributed by atoms with E-state index in [0.29, 0.717) is 16.7 Å². The average Bonchev–Trinajstić information content (AvgIpc) is 3.12. The Morgan fingerprint density at radius 2 is 1.69 bits per heavy atom. The minimum absolute atomic E-state index is 0.0355. The Kier molecular flexibility index (Phi) is 4.10. The minimum Gasteiger partial charge on any atom is -0.325 e. The summed E-state index contributed by atoms with van der Waals surface area (Å²) in [5.41, 5.74) is 2.58. The summed E-state index contributed by atoms with van der Waals surface area (Å²) in [6.07, 6.45) is 7.33. The molecule has 4 rings (SSSR count). The van der Waals surface area contributed by atoms with Gasteiger partial charge in [-0.05, 0) is 48.9 Å². The second-order valence-electron chi connectivity index (χ2n) is 8.01. The largest absolute Gasteiger partial charge is 0.325 e. The third kappa shape index (κ3) is 2.82. The van der Waals surface area contributed by atoms with E-state index >= 15 is 0 Å². The number of hydrogen-bond donors (Lipinski definition) is 1. The molecule has 2 atom stereocenters. The number of pyridine rings is 1. The molecule has 0 bridgehead atoms. The molecule has 2 unspecified atom stereocenters. The zero-order valence-electron chi connectivity index (χ0n) is 15.3. The summed E-state index contributed by atoms with van der Waals surface area (Å²) in [5, 5.41) is 0. The lowest BCUT2D eigenvalue weighted by atomic mass is 9.84. The molecule has 1 N–H and O–H groups in total. The number of aryl methyl sites for hydroxylation is 1. The van der Waals surface area contributed by atoms with Gasteiger partial charge in [0.1, 0.15) is 0 Å². The highest BCUT2D eigenvalue weighted by atomic mass is 32.2. The van der Waals surface area contributed by atoms with Crippen molar-refractivity contribution >= 4 is 9.84 Å². The molecule has 2 aliphatic rings. The molecule has 26 heavy (non-hydrogen) atoms. The van der Waals surface area contributed by atoms with Gasteiger partial charge in [-0.15, -0.1) is 0 Å². The molecule has 1 aromatic heterocycles. The summed E-state index contributed by atoms with van der Waals surface area (Å²) < 4.78 is 23.6. The van der Waals surface area contributed by atoms with Crippen molar-refractivity contribution in [2.75, 3.05) is 6.26 Å². The summed E-state index contributed by atoms with van der Waals surface area (Å²) in [7, 11) is -3.21. The lowest BCUT2D eigenvalue weighted by molar-refractivity contribution is 0.441. The van der Waals surface area contributed by atoms with Crippen LogP contribution in [-0.4, -0.2) is 19.7 Å². The van der Waals surface area contributed by atoms with Crippen LogP contribution in [-0.2, 0) is 15.3 Å². The van der Waals surface area contributed by atoms with Gasteiger partial charge in [-0.3, -0.25) is 4.79 Å². The van der Waals surface area contributed by atoms with Crippen LogP contribution < -0.4 is 5.56 Å². The zero-order chi connectivity index (χ0) is 18.5. The molecule has 5 heteroatoms. The van der Waals surface area contributed by atoms with Crippen molar-refractivity contribution in [2.24, 2.45) is 11.8 Å². The number of benzene rings is 1. The molecule has 0 radical (unpaired) electrons. The maximum atomic E-state index is 12.2.